The van der Waals surface area contributed by atoms with Gasteiger partial charge < -0.3 is 5.73 Å². The Morgan fingerprint density at radius 1 is 1.10 bits per heavy atom. The summed E-state index contributed by atoms with van der Waals surface area (Å²) in [5.41, 5.74) is 11.4. The number of anilines is 1. The molecule has 0 aliphatic rings. The topological polar surface area (TPSA) is 42.1 Å². The minimum Gasteiger partial charge on any atom is -0.399 e. The molecule has 0 radical (unpaired) electrons. The van der Waals surface area contributed by atoms with Crippen molar-refractivity contribution in [2.75, 3.05) is 12.3 Å². The molecule has 0 atom stereocenters. The molecule has 3 nitrogen and oxygen atoms in total. The van der Waals surface area contributed by atoms with Crippen molar-refractivity contribution in [3.8, 4) is 0 Å². The van der Waals surface area contributed by atoms with Crippen molar-refractivity contribution in [3.05, 3.63) is 58.9 Å². The molecule has 0 bridgehead atoms. The largest absolute Gasteiger partial charge is 0.399 e. The first-order valence-corrected chi connectivity index (χ1v) is 7.08. The van der Waals surface area contributed by atoms with Crippen molar-refractivity contribution >= 4 is 5.69 Å². The van der Waals surface area contributed by atoms with Gasteiger partial charge in [-0.3, -0.25) is 9.88 Å². The van der Waals surface area contributed by atoms with Gasteiger partial charge in [-0.15, -0.1) is 0 Å². The molecule has 0 fully saturated rings. The summed E-state index contributed by atoms with van der Waals surface area (Å²) in [5.74, 6) is 0. The number of benzene rings is 1. The van der Waals surface area contributed by atoms with Crippen molar-refractivity contribution in [2.45, 2.75) is 33.9 Å². The Morgan fingerprint density at radius 3 is 2.55 bits per heavy atom. The molecule has 1 heterocycles. The molecule has 20 heavy (non-hydrogen) atoms. The fraction of sp³-hybridized carbons (Fsp3) is 0.353. The van der Waals surface area contributed by atoms with Crippen LogP contribution in [0.1, 0.15) is 29.4 Å². The van der Waals surface area contributed by atoms with Gasteiger partial charge in [0.15, 0.2) is 0 Å². The first kappa shape index (κ1) is 14.5. The highest BCUT2D eigenvalue weighted by Gasteiger charge is 2.07. The molecule has 0 aliphatic heterocycles. The molecule has 1 aromatic heterocycles. The molecular formula is C17H23N3. The zero-order valence-corrected chi connectivity index (χ0v) is 12.6. The van der Waals surface area contributed by atoms with Crippen molar-refractivity contribution in [1.82, 2.24) is 9.88 Å². The predicted octanol–water partition coefficient (Wildman–Crippen LogP) is 3.30. The molecule has 2 rings (SSSR count). The van der Waals surface area contributed by atoms with Crippen LogP contribution >= 0.6 is 0 Å². The highest BCUT2D eigenvalue weighted by Crippen LogP contribution is 2.15. The lowest BCUT2D eigenvalue weighted by molar-refractivity contribution is 0.268. The van der Waals surface area contributed by atoms with Gasteiger partial charge in [0.2, 0.25) is 0 Å². The van der Waals surface area contributed by atoms with Crippen LogP contribution in [0, 0.1) is 13.8 Å². The molecule has 1 aromatic carbocycles. The van der Waals surface area contributed by atoms with Crippen LogP contribution in [-0.4, -0.2) is 16.4 Å². The molecule has 3 heteroatoms. The van der Waals surface area contributed by atoms with E-state index in [1.165, 1.54) is 5.56 Å². The second-order valence-corrected chi connectivity index (χ2v) is 5.26. The Hall–Kier alpha value is -1.87. The van der Waals surface area contributed by atoms with Crippen LogP contribution < -0.4 is 5.73 Å². The summed E-state index contributed by atoms with van der Waals surface area (Å²) in [6, 6.07) is 12.5. The summed E-state index contributed by atoms with van der Waals surface area (Å²) in [4.78, 5) is 6.95. The fourth-order valence-corrected chi connectivity index (χ4v) is 2.29. The van der Waals surface area contributed by atoms with Crippen molar-refractivity contribution in [1.29, 1.82) is 0 Å². The maximum atomic E-state index is 5.87. The summed E-state index contributed by atoms with van der Waals surface area (Å²) < 4.78 is 0. The van der Waals surface area contributed by atoms with Crippen LogP contribution in [0.25, 0.3) is 0 Å². The maximum absolute atomic E-state index is 5.87. The van der Waals surface area contributed by atoms with E-state index in [0.717, 1.165) is 42.3 Å². The summed E-state index contributed by atoms with van der Waals surface area (Å²) >= 11 is 0. The fourth-order valence-electron chi connectivity index (χ4n) is 2.29. The van der Waals surface area contributed by atoms with E-state index in [0.29, 0.717) is 0 Å². The van der Waals surface area contributed by atoms with Crippen LogP contribution in [-0.2, 0) is 13.1 Å². The zero-order chi connectivity index (χ0) is 14.5. The third-order valence-corrected chi connectivity index (χ3v) is 3.52. The zero-order valence-electron chi connectivity index (χ0n) is 12.6. The van der Waals surface area contributed by atoms with Gasteiger partial charge in [0.25, 0.3) is 0 Å². The minimum absolute atomic E-state index is 0.858. The first-order valence-electron chi connectivity index (χ1n) is 7.08. The van der Waals surface area contributed by atoms with E-state index in [2.05, 4.69) is 48.0 Å². The molecule has 0 saturated heterocycles. The van der Waals surface area contributed by atoms with Crippen LogP contribution in [0.4, 0.5) is 5.69 Å². The smallest absolute Gasteiger partial charge is 0.0547 e. The summed E-state index contributed by atoms with van der Waals surface area (Å²) in [7, 11) is 0. The van der Waals surface area contributed by atoms with Crippen LogP contribution in [0.15, 0.2) is 36.4 Å². The average molecular weight is 269 g/mol. The number of pyridine rings is 1. The summed E-state index contributed by atoms with van der Waals surface area (Å²) in [5, 5.41) is 0. The molecule has 0 saturated carbocycles. The van der Waals surface area contributed by atoms with Crippen molar-refractivity contribution in [3.63, 3.8) is 0 Å². The Kier molecular flexibility index (Phi) is 4.74. The van der Waals surface area contributed by atoms with Gasteiger partial charge >= 0.3 is 0 Å². The third kappa shape index (κ3) is 3.81. The molecule has 106 valence electrons. The highest BCUT2D eigenvalue weighted by molar-refractivity contribution is 5.47. The Bertz CT molecular complexity index is 578. The molecule has 0 aliphatic carbocycles. The molecule has 0 spiro atoms. The second kappa shape index (κ2) is 6.53. The van der Waals surface area contributed by atoms with Gasteiger partial charge in [0.05, 0.1) is 5.69 Å². The van der Waals surface area contributed by atoms with Gasteiger partial charge in [-0.2, -0.15) is 0 Å². The van der Waals surface area contributed by atoms with Crippen LogP contribution in [0.2, 0.25) is 0 Å². The third-order valence-electron chi connectivity index (χ3n) is 3.52. The number of nitrogens with zero attached hydrogens (tertiary/aromatic N) is 2. The van der Waals surface area contributed by atoms with Crippen LogP contribution in [0.3, 0.4) is 0 Å². The quantitative estimate of drug-likeness (QED) is 0.847. The van der Waals surface area contributed by atoms with E-state index >= 15 is 0 Å². The number of hydrogen-bond donors (Lipinski definition) is 1. The first-order chi connectivity index (χ1) is 9.58. The lowest BCUT2D eigenvalue weighted by Crippen LogP contribution is -2.23. The number of aryl methyl sites for hydroxylation is 2. The van der Waals surface area contributed by atoms with Crippen LogP contribution in [0.5, 0.6) is 0 Å². The van der Waals surface area contributed by atoms with E-state index in [1.807, 2.05) is 19.1 Å². The number of nitrogens with two attached hydrogens (primary N) is 1. The van der Waals surface area contributed by atoms with Gasteiger partial charge in [-0.1, -0.05) is 25.1 Å². The molecule has 0 amide bonds. The van der Waals surface area contributed by atoms with Crippen molar-refractivity contribution < 1.29 is 0 Å². The standard InChI is InChI=1S/C17H23N3/c1-4-20(12-16-7-5-6-14(3)19-16)11-15-8-9-17(18)13(2)10-15/h5-10H,4,11-12,18H2,1-3H3. The molecule has 0 unspecified atom stereocenters. The Labute approximate surface area is 121 Å². The minimum atomic E-state index is 0.858. The van der Waals surface area contributed by atoms with E-state index in [9.17, 15) is 0 Å². The van der Waals surface area contributed by atoms with Gasteiger partial charge in [-0.05, 0) is 49.7 Å². The monoisotopic (exact) mass is 269 g/mol. The Balaban J connectivity index is 2.07. The number of nitrogen functional groups attached to an aromatic ring is 1. The lowest BCUT2D eigenvalue weighted by Gasteiger charge is -2.20. The number of rotatable bonds is 5. The van der Waals surface area contributed by atoms with Gasteiger partial charge in [-0.25, -0.2) is 0 Å². The summed E-state index contributed by atoms with van der Waals surface area (Å²) in [6.07, 6.45) is 0. The van der Waals surface area contributed by atoms with E-state index in [1.54, 1.807) is 0 Å². The SMILES string of the molecule is CCN(Cc1ccc(N)c(C)c1)Cc1cccc(C)n1. The normalized spacial score (nSPS) is 11.0. The molecular weight excluding hydrogens is 246 g/mol. The number of hydrogen-bond acceptors (Lipinski definition) is 3. The highest BCUT2D eigenvalue weighted by atomic mass is 15.1. The van der Waals surface area contributed by atoms with Crippen molar-refractivity contribution in [2.24, 2.45) is 0 Å². The average Bonchev–Trinajstić information content (AvgIpc) is 2.42. The molecule has 2 aromatic rings. The van der Waals surface area contributed by atoms with E-state index in [4.69, 9.17) is 5.73 Å². The van der Waals surface area contributed by atoms with E-state index in [-0.39, 0.29) is 0 Å². The predicted molar refractivity (Wildman–Crippen MR) is 84.4 cm³/mol. The second-order valence-electron chi connectivity index (χ2n) is 5.26. The lowest BCUT2D eigenvalue weighted by atomic mass is 10.1. The summed E-state index contributed by atoms with van der Waals surface area (Å²) in [6.45, 7) is 9.06. The Morgan fingerprint density at radius 2 is 1.90 bits per heavy atom. The van der Waals surface area contributed by atoms with E-state index < -0.39 is 0 Å². The maximum Gasteiger partial charge on any atom is 0.0547 e. The number of aromatic nitrogens is 1. The molecule has 2 N–H and O–H groups in total. The van der Waals surface area contributed by atoms with Gasteiger partial charge in [0.1, 0.15) is 0 Å². The van der Waals surface area contributed by atoms with Gasteiger partial charge in [0, 0.05) is 24.5 Å².